The monoisotopic (exact) mass is 227 g/mol. The van der Waals surface area contributed by atoms with Gasteiger partial charge in [-0.25, -0.2) is 19.0 Å². The third-order valence-electron chi connectivity index (χ3n) is 2.44. The van der Waals surface area contributed by atoms with E-state index in [2.05, 4.69) is 0 Å². The van der Waals surface area contributed by atoms with E-state index in [4.69, 9.17) is 4.74 Å². The van der Waals surface area contributed by atoms with Gasteiger partial charge in [-0.15, -0.1) is 0 Å². The van der Waals surface area contributed by atoms with Crippen molar-refractivity contribution in [2.45, 2.75) is 33.0 Å². The Hall–Kier alpha value is -1.79. The number of aromatic nitrogens is 3. The fraction of sp³-hybridized carbons (Fsp3) is 0.667. The highest BCUT2D eigenvalue weighted by Crippen LogP contribution is 2.19. The number of carbonyl (C=O) groups is 1. The Labute approximate surface area is 90.8 Å². The third kappa shape index (κ3) is 1.31. The van der Waals surface area contributed by atoms with E-state index < -0.39 is 23.5 Å². The second-order valence-electron chi connectivity index (χ2n) is 3.53. The van der Waals surface area contributed by atoms with Crippen LogP contribution in [0.5, 0.6) is 0 Å². The third-order valence-corrected chi connectivity index (χ3v) is 2.44. The maximum absolute atomic E-state index is 11.6. The average Bonchev–Trinajstić information content (AvgIpc) is 2.94. The summed E-state index contributed by atoms with van der Waals surface area (Å²) in [6.07, 6.45) is -0.142. The van der Waals surface area contributed by atoms with E-state index in [9.17, 15) is 14.4 Å². The number of nitrogens with zero attached hydrogens (tertiary/aromatic N) is 3. The number of ether oxygens (including phenoxy) is 1. The van der Waals surface area contributed by atoms with Crippen LogP contribution in [0.15, 0.2) is 9.59 Å². The summed E-state index contributed by atoms with van der Waals surface area (Å²) in [5, 5.41) is 0. The predicted molar refractivity (Wildman–Crippen MR) is 54.3 cm³/mol. The van der Waals surface area contributed by atoms with Crippen molar-refractivity contribution in [2.75, 3.05) is 6.61 Å². The van der Waals surface area contributed by atoms with Crippen LogP contribution in [0.1, 0.15) is 26.4 Å². The molecule has 88 valence electrons. The smallest absolute Gasteiger partial charge is 0.353 e. The van der Waals surface area contributed by atoms with Crippen LogP contribution in [-0.4, -0.2) is 26.5 Å². The van der Waals surface area contributed by atoms with Crippen molar-refractivity contribution in [3.05, 3.63) is 21.0 Å². The summed E-state index contributed by atoms with van der Waals surface area (Å²) in [4.78, 5) is 34.6. The van der Waals surface area contributed by atoms with Crippen molar-refractivity contribution in [2.24, 2.45) is 0 Å². The van der Waals surface area contributed by atoms with Crippen molar-refractivity contribution in [1.82, 2.24) is 13.9 Å². The lowest BCUT2D eigenvalue weighted by Crippen LogP contribution is -2.34. The molecule has 0 bridgehead atoms. The molecule has 7 nitrogen and oxygen atoms in total. The van der Waals surface area contributed by atoms with Crippen molar-refractivity contribution < 1.29 is 9.53 Å². The van der Waals surface area contributed by atoms with Gasteiger partial charge in [0.15, 0.2) is 0 Å². The number of hydrogen-bond acceptors (Lipinski definition) is 4. The van der Waals surface area contributed by atoms with Gasteiger partial charge in [-0.1, -0.05) is 6.92 Å². The lowest BCUT2D eigenvalue weighted by molar-refractivity contribution is -0.144. The molecule has 0 saturated carbocycles. The molecular weight excluding hydrogens is 214 g/mol. The molecule has 16 heavy (non-hydrogen) atoms. The molecule has 2 rings (SSSR count). The van der Waals surface area contributed by atoms with E-state index >= 15 is 0 Å². The van der Waals surface area contributed by atoms with Crippen LogP contribution >= 0.6 is 0 Å². The molecule has 0 aromatic carbocycles. The Kier molecular flexibility index (Phi) is 2.45. The van der Waals surface area contributed by atoms with Crippen LogP contribution in [-0.2, 0) is 16.1 Å². The Morgan fingerprint density at radius 2 is 1.81 bits per heavy atom. The van der Waals surface area contributed by atoms with Crippen LogP contribution in [0.2, 0.25) is 0 Å². The highest BCUT2D eigenvalue weighted by molar-refractivity contribution is 5.76. The Balaban J connectivity index is 2.29. The SMILES string of the molecule is CCCn1c(=O)n2n(c1=O)C2C(=O)OCC. The van der Waals surface area contributed by atoms with Crippen LogP contribution in [0.3, 0.4) is 0 Å². The Morgan fingerprint density at radius 1 is 1.25 bits per heavy atom. The van der Waals surface area contributed by atoms with Crippen molar-refractivity contribution in [1.29, 1.82) is 0 Å². The molecule has 7 heteroatoms. The van der Waals surface area contributed by atoms with Gasteiger partial charge in [-0.2, -0.15) is 9.36 Å². The van der Waals surface area contributed by atoms with Crippen LogP contribution in [0, 0.1) is 0 Å². The average molecular weight is 227 g/mol. The topological polar surface area (TPSA) is 75.2 Å². The Bertz CT molecular complexity index is 500. The molecule has 0 saturated heterocycles. The molecule has 0 radical (unpaired) electrons. The van der Waals surface area contributed by atoms with Gasteiger partial charge in [0.25, 0.3) is 0 Å². The summed E-state index contributed by atoms with van der Waals surface area (Å²) in [5.41, 5.74) is -0.880. The summed E-state index contributed by atoms with van der Waals surface area (Å²) >= 11 is 0. The van der Waals surface area contributed by atoms with Gasteiger partial charge in [0.05, 0.1) is 6.61 Å². The van der Waals surface area contributed by atoms with Gasteiger partial charge in [-0.05, 0) is 13.3 Å². The van der Waals surface area contributed by atoms with Crippen LogP contribution < -0.4 is 11.4 Å². The minimum Gasteiger partial charge on any atom is -0.463 e. The summed E-state index contributed by atoms with van der Waals surface area (Å²) in [6, 6.07) is 0. The van der Waals surface area contributed by atoms with Crippen LogP contribution in [0.4, 0.5) is 0 Å². The van der Waals surface area contributed by atoms with Crippen molar-refractivity contribution in [3.63, 3.8) is 0 Å². The minimum atomic E-state index is -0.840. The predicted octanol–water partition coefficient (Wildman–Crippen LogP) is -0.855. The molecule has 1 aliphatic heterocycles. The molecule has 1 aromatic rings. The standard InChI is InChI=1S/C9H13N3O4/c1-3-5-10-8(14)11-6(7(13)16-4-2)12(11)9(10)15/h6H,3-5H2,1-2H3. The van der Waals surface area contributed by atoms with E-state index in [0.717, 1.165) is 13.9 Å². The van der Waals surface area contributed by atoms with E-state index in [1.54, 1.807) is 6.92 Å². The summed E-state index contributed by atoms with van der Waals surface area (Å²) in [6.45, 7) is 4.16. The van der Waals surface area contributed by atoms with E-state index in [1.807, 2.05) is 6.92 Å². The molecular formula is C9H13N3O4. The summed E-state index contributed by atoms with van der Waals surface area (Å²) < 4.78 is 8.11. The first kappa shape index (κ1) is 10.7. The van der Waals surface area contributed by atoms with Gasteiger partial charge in [-0.3, -0.25) is 0 Å². The number of hydrogen-bond donors (Lipinski definition) is 0. The van der Waals surface area contributed by atoms with E-state index in [0.29, 0.717) is 13.0 Å². The van der Waals surface area contributed by atoms with Gasteiger partial charge < -0.3 is 4.74 Å². The molecule has 1 aromatic heterocycles. The second kappa shape index (κ2) is 3.66. The van der Waals surface area contributed by atoms with E-state index in [1.165, 1.54) is 0 Å². The molecule has 0 unspecified atom stereocenters. The van der Waals surface area contributed by atoms with E-state index in [-0.39, 0.29) is 6.61 Å². The lowest BCUT2D eigenvalue weighted by Gasteiger charge is -1.99. The molecule has 0 N–H and O–H groups in total. The zero-order valence-electron chi connectivity index (χ0n) is 9.17. The largest absolute Gasteiger partial charge is 0.463 e. The highest BCUT2D eigenvalue weighted by atomic mass is 16.5. The van der Waals surface area contributed by atoms with Crippen molar-refractivity contribution in [3.8, 4) is 0 Å². The molecule has 0 aliphatic carbocycles. The van der Waals surface area contributed by atoms with Gasteiger partial charge in [0.1, 0.15) is 0 Å². The normalized spacial score (nSPS) is 13.6. The zero-order chi connectivity index (χ0) is 11.9. The minimum absolute atomic E-state index is 0.234. The first-order chi connectivity index (χ1) is 7.63. The summed E-state index contributed by atoms with van der Waals surface area (Å²) in [7, 11) is 0. The first-order valence-electron chi connectivity index (χ1n) is 5.24. The number of rotatable bonds is 4. The quantitative estimate of drug-likeness (QED) is 0.627. The van der Waals surface area contributed by atoms with Crippen LogP contribution in [0.25, 0.3) is 0 Å². The molecule has 1 aliphatic rings. The van der Waals surface area contributed by atoms with Crippen molar-refractivity contribution >= 4 is 5.97 Å². The fourth-order valence-electron chi connectivity index (χ4n) is 1.73. The summed E-state index contributed by atoms with van der Waals surface area (Å²) in [5.74, 6) is -0.555. The zero-order valence-corrected chi connectivity index (χ0v) is 9.17. The maximum Gasteiger partial charge on any atom is 0.353 e. The van der Waals surface area contributed by atoms with Gasteiger partial charge >= 0.3 is 17.3 Å². The number of carbonyl (C=O) groups excluding carboxylic acids is 1. The fourth-order valence-corrected chi connectivity index (χ4v) is 1.73. The highest BCUT2D eigenvalue weighted by Gasteiger charge is 2.45. The molecule has 2 heterocycles. The molecule has 0 fully saturated rings. The number of esters is 1. The van der Waals surface area contributed by atoms with Gasteiger partial charge in [0.2, 0.25) is 6.17 Å². The number of fused-ring (bicyclic) bond motifs is 1. The van der Waals surface area contributed by atoms with Gasteiger partial charge in [0, 0.05) is 6.54 Å². The second-order valence-corrected chi connectivity index (χ2v) is 3.53. The Morgan fingerprint density at radius 3 is 2.25 bits per heavy atom. The first-order valence-corrected chi connectivity index (χ1v) is 5.24. The maximum atomic E-state index is 11.6. The molecule has 0 spiro atoms. The lowest BCUT2D eigenvalue weighted by atomic mass is 10.5. The molecule has 0 amide bonds. The molecule has 0 atom stereocenters.